The number of hydrogen-bond acceptors (Lipinski definition) is 6. The van der Waals surface area contributed by atoms with E-state index in [1.807, 2.05) is 0 Å². The van der Waals surface area contributed by atoms with Gasteiger partial charge in [0.25, 0.3) is 5.69 Å². The molecule has 0 spiro atoms. The summed E-state index contributed by atoms with van der Waals surface area (Å²) in [6.07, 6.45) is 1.51. The van der Waals surface area contributed by atoms with E-state index in [1.165, 1.54) is 24.0 Å². The summed E-state index contributed by atoms with van der Waals surface area (Å²) in [5.41, 5.74) is 5.77. The Morgan fingerprint density at radius 2 is 2.10 bits per heavy atom. The molecule has 0 amide bonds. The maximum atomic E-state index is 10.9. The Kier molecular flexibility index (Phi) is 4.16. The second-order valence-electron chi connectivity index (χ2n) is 3.69. The van der Waals surface area contributed by atoms with Gasteiger partial charge in [0.15, 0.2) is 5.84 Å². The molecule has 1 aromatic carbocycles. The van der Waals surface area contributed by atoms with Crippen molar-refractivity contribution in [3.05, 3.63) is 58.4 Å². The number of nitrogens with zero attached hydrogens (tertiary/aromatic N) is 3. The highest BCUT2D eigenvalue weighted by Gasteiger charge is 2.13. The fraction of sp³-hybridized carbons (Fsp3) is 0. The zero-order valence-electron chi connectivity index (χ0n) is 10.1. The number of oxime groups is 1. The molecule has 0 fully saturated rings. The first kappa shape index (κ1) is 13.8. The van der Waals surface area contributed by atoms with Crippen LogP contribution in [0.4, 0.5) is 5.69 Å². The quantitative estimate of drug-likeness (QED) is 0.293. The molecule has 0 aliphatic heterocycles. The maximum absolute atomic E-state index is 10.9. The molecule has 1 aromatic heterocycles. The van der Waals surface area contributed by atoms with Crippen LogP contribution >= 0.6 is 11.8 Å². The van der Waals surface area contributed by atoms with Gasteiger partial charge in [-0.3, -0.25) is 15.1 Å². The van der Waals surface area contributed by atoms with Crippen molar-refractivity contribution >= 4 is 23.3 Å². The molecule has 0 bridgehead atoms. The van der Waals surface area contributed by atoms with Crippen LogP contribution in [0.1, 0.15) is 5.69 Å². The lowest BCUT2D eigenvalue weighted by molar-refractivity contribution is -0.387. The first-order valence-electron chi connectivity index (χ1n) is 5.47. The molecule has 8 heteroatoms. The Labute approximate surface area is 118 Å². The second-order valence-corrected chi connectivity index (χ2v) is 4.81. The third-order valence-corrected chi connectivity index (χ3v) is 3.44. The van der Waals surface area contributed by atoms with Gasteiger partial charge in [-0.15, -0.1) is 0 Å². The van der Waals surface area contributed by atoms with E-state index < -0.39 is 4.92 Å². The molecule has 2 aromatic rings. The molecule has 0 unspecified atom stereocenters. The van der Waals surface area contributed by atoms with Gasteiger partial charge in [-0.2, -0.15) is 0 Å². The minimum atomic E-state index is -0.430. The van der Waals surface area contributed by atoms with Gasteiger partial charge in [0.05, 0.1) is 9.82 Å². The summed E-state index contributed by atoms with van der Waals surface area (Å²) >= 11 is 1.22. The van der Waals surface area contributed by atoms with Crippen LogP contribution in [0.3, 0.4) is 0 Å². The van der Waals surface area contributed by atoms with Gasteiger partial charge in [-0.05, 0) is 18.2 Å². The Balaban J connectivity index is 2.25. The number of nitrogens with two attached hydrogens (primary N) is 1. The lowest BCUT2D eigenvalue weighted by atomic mass is 10.3. The molecule has 0 saturated carbocycles. The second kappa shape index (κ2) is 6.02. The number of benzene rings is 1. The Hall–Kier alpha value is -2.61. The maximum Gasteiger partial charge on any atom is 0.283 e. The van der Waals surface area contributed by atoms with Gasteiger partial charge in [0.1, 0.15) is 5.69 Å². The SMILES string of the molecule is N/C(=N/O)c1ccc(Sc2ccccc2[N+](=O)[O-])cn1. The third kappa shape index (κ3) is 3.04. The highest BCUT2D eigenvalue weighted by molar-refractivity contribution is 7.99. The van der Waals surface area contributed by atoms with Crippen LogP contribution in [0.2, 0.25) is 0 Å². The number of hydrogen-bond donors (Lipinski definition) is 2. The first-order valence-corrected chi connectivity index (χ1v) is 6.28. The van der Waals surface area contributed by atoms with E-state index in [1.54, 1.807) is 30.3 Å². The number of nitro groups is 1. The van der Waals surface area contributed by atoms with Crippen LogP contribution in [0, 0.1) is 10.1 Å². The highest BCUT2D eigenvalue weighted by Crippen LogP contribution is 2.33. The number of amidine groups is 1. The van der Waals surface area contributed by atoms with Gasteiger partial charge < -0.3 is 10.9 Å². The summed E-state index contributed by atoms with van der Waals surface area (Å²) in [5.74, 6) is -0.0905. The molecule has 2 rings (SSSR count). The van der Waals surface area contributed by atoms with Crippen molar-refractivity contribution in [3.63, 3.8) is 0 Å². The topological polar surface area (TPSA) is 115 Å². The van der Waals surface area contributed by atoms with Crippen molar-refractivity contribution in [3.8, 4) is 0 Å². The van der Waals surface area contributed by atoms with Crippen LogP contribution in [-0.2, 0) is 0 Å². The van der Waals surface area contributed by atoms with E-state index in [0.717, 1.165) is 0 Å². The molecular formula is C12H10N4O3S. The van der Waals surface area contributed by atoms with E-state index >= 15 is 0 Å². The lowest BCUT2D eigenvalue weighted by Crippen LogP contribution is -2.14. The fourth-order valence-corrected chi connectivity index (χ4v) is 2.35. The minimum absolute atomic E-state index is 0.0398. The Bertz CT molecular complexity index is 658. The highest BCUT2D eigenvalue weighted by atomic mass is 32.2. The molecule has 7 nitrogen and oxygen atoms in total. The first-order chi connectivity index (χ1) is 9.61. The van der Waals surface area contributed by atoms with Crippen molar-refractivity contribution < 1.29 is 10.1 Å². The Morgan fingerprint density at radius 3 is 2.70 bits per heavy atom. The smallest absolute Gasteiger partial charge is 0.283 e. The van der Waals surface area contributed by atoms with Crippen molar-refractivity contribution in [1.29, 1.82) is 0 Å². The number of aromatic nitrogens is 1. The van der Waals surface area contributed by atoms with Crippen LogP contribution in [0.5, 0.6) is 0 Å². The van der Waals surface area contributed by atoms with Crippen molar-refractivity contribution in [2.24, 2.45) is 10.9 Å². The average molecular weight is 290 g/mol. The van der Waals surface area contributed by atoms with E-state index in [4.69, 9.17) is 10.9 Å². The number of pyridine rings is 1. The molecular weight excluding hydrogens is 280 g/mol. The fourth-order valence-electron chi connectivity index (χ4n) is 1.46. The molecule has 3 N–H and O–H groups in total. The summed E-state index contributed by atoms with van der Waals surface area (Å²) in [6.45, 7) is 0. The summed E-state index contributed by atoms with van der Waals surface area (Å²) in [7, 11) is 0. The zero-order chi connectivity index (χ0) is 14.5. The largest absolute Gasteiger partial charge is 0.409 e. The summed E-state index contributed by atoms with van der Waals surface area (Å²) in [4.78, 5) is 15.7. The predicted molar refractivity (Wildman–Crippen MR) is 74.0 cm³/mol. The average Bonchev–Trinajstić information content (AvgIpc) is 2.47. The van der Waals surface area contributed by atoms with E-state index in [0.29, 0.717) is 15.5 Å². The summed E-state index contributed by atoms with van der Waals surface area (Å²) in [5, 5.41) is 22.3. The zero-order valence-corrected chi connectivity index (χ0v) is 10.9. The minimum Gasteiger partial charge on any atom is -0.409 e. The molecule has 102 valence electrons. The normalized spacial score (nSPS) is 11.3. The molecule has 0 radical (unpaired) electrons. The van der Waals surface area contributed by atoms with Crippen LogP contribution in [0.15, 0.2) is 57.5 Å². The molecule has 20 heavy (non-hydrogen) atoms. The van der Waals surface area contributed by atoms with Gasteiger partial charge in [0, 0.05) is 17.2 Å². The standard InChI is InChI=1S/C12H10N4O3S/c13-12(15-17)9-6-5-8(7-14-9)20-11-4-2-1-3-10(11)16(18)19/h1-7,17H,(H2,13,15). The van der Waals surface area contributed by atoms with Crippen molar-refractivity contribution in [2.45, 2.75) is 9.79 Å². The lowest BCUT2D eigenvalue weighted by Gasteiger charge is -2.03. The van der Waals surface area contributed by atoms with Gasteiger partial charge >= 0.3 is 0 Å². The van der Waals surface area contributed by atoms with E-state index in [2.05, 4.69) is 10.1 Å². The van der Waals surface area contributed by atoms with Crippen molar-refractivity contribution in [1.82, 2.24) is 4.98 Å². The van der Waals surface area contributed by atoms with Crippen LogP contribution < -0.4 is 5.73 Å². The third-order valence-electron chi connectivity index (χ3n) is 2.40. The van der Waals surface area contributed by atoms with Crippen LogP contribution in [0.25, 0.3) is 0 Å². The molecule has 1 heterocycles. The molecule has 0 aliphatic carbocycles. The monoisotopic (exact) mass is 290 g/mol. The van der Waals surface area contributed by atoms with Gasteiger partial charge in [-0.25, -0.2) is 0 Å². The molecule has 0 saturated heterocycles. The number of para-hydroxylation sites is 1. The van der Waals surface area contributed by atoms with Gasteiger partial charge in [0.2, 0.25) is 0 Å². The summed E-state index contributed by atoms with van der Waals surface area (Å²) in [6, 6.07) is 9.73. The molecule has 0 aliphatic rings. The van der Waals surface area contributed by atoms with E-state index in [9.17, 15) is 10.1 Å². The van der Waals surface area contributed by atoms with E-state index in [-0.39, 0.29) is 11.5 Å². The Morgan fingerprint density at radius 1 is 1.35 bits per heavy atom. The number of nitro benzene ring substituents is 1. The predicted octanol–water partition coefficient (Wildman–Crippen LogP) is 2.24. The summed E-state index contributed by atoms with van der Waals surface area (Å²) < 4.78 is 0. The molecule has 0 atom stereocenters. The van der Waals surface area contributed by atoms with Gasteiger partial charge in [-0.1, -0.05) is 29.1 Å². The van der Waals surface area contributed by atoms with Crippen LogP contribution in [-0.4, -0.2) is 21.0 Å². The number of rotatable bonds is 4. The van der Waals surface area contributed by atoms with Crippen molar-refractivity contribution in [2.75, 3.05) is 0 Å².